The van der Waals surface area contributed by atoms with E-state index in [4.69, 9.17) is 9.15 Å². The predicted octanol–water partition coefficient (Wildman–Crippen LogP) is 4.45. The highest BCUT2D eigenvalue weighted by atomic mass is 32.1. The van der Waals surface area contributed by atoms with Gasteiger partial charge in [0.15, 0.2) is 6.61 Å². The van der Waals surface area contributed by atoms with E-state index in [9.17, 15) is 9.59 Å². The lowest BCUT2D eigenvalue weighted by Crippen LogP contribution is -2.32. The van der Waals surface area contributed by atoms with Crippen LogP contribution in [0.4, 0.5) is 0 Å². The van der Waals surface area contributed by atoms with E-state index in [1.165, 1.54) is 6.07 Å². The molecule has 2 heterocycles. The van der Waals surface area contributed by atoms with Crippen molar-refractivity contribution in [2.75, 3.05) is 6.61 Å². The first-order valence-electron chi connectivity index (χ1n) is 9.15. The maximum absolute atomic E-state index is 12.6. The van der Waals surface area contributed by atoms with Gasteiger partial charge in [-0.25, -0.2) is 4.79 Å². The fourth-order valence-corrected chi connectivity index (χ4v) is 3.97. The fourth-order valence-electron chi connectivity index (χ4n) is 3.17. The first-order chi connectivity index (χ1) is 14.1. The molecular weight excluding hydrogens is 386 g/mol. The molecule has 0 aliphatic carbocycles. The molecule has 0 aliphatic rings. The quantitative estimate of drug-likeness (QED) is 0.481. The smallest absolute Gasteiger partial charge is 0.336 e. The molecular formula is C23H19NO4S. The van der Waals surface area contributed by atoms with E-state index in [0.717, 1.165) is 21.4 Å². The van der Waals surface area contributed by atoms with Crippen LogP contribution in [0.3, 0.4) is 0 Å². The van der Waals surface area contributed by atoms with Crippen LogP contribution >= 0.6 is 11.3 Å². The first kappa shape index (κ1) is 19.0. The molecule has 6 heteroatoms. The molecule has 0 bridgehead atoms. The Bertz CT molecular complexity index is 1180. The Morgan fingerprint density at radius 2 is 1.93 bits per heavy atom. The molecule has 1 amide bonds. The van der Waals surface area contributed by atoms with Crippen molar-refractivity contribution in [3.8, 4) is 5.75 Å². The van der Waals surface area contributed by atoms with E-state index >= 15 is 0 Å². The Morgan fingerprint density at radius 1 is 1.10 bits per heavy atom. The number of carbonyl (C=O) groups is 1. The number of nitrogens with one attached hydrogen (secondary N) is 1. The highest BCUT2D eigenvalue weighted by Gasteiger charge is 2.18. The van der Waals surface area contributed by atoms with Crippen molar-refractivity contribution in [3.63, 3.8) is 0 Å². The third-order valence-electron chi connectivity index (χ3n) is 4.56. The number of ether oxygens (including phenoxy) is 1. The van der Waals surface area contributed by atoms with Gasteiger partial charge in [0.05, 0.1) is 6.04 Å². The molecule has 1 atom stereocenters. The number of benzene rings is 2. The second-order valence-electron chi connectivity index (χ2n) is 6.62. The van der Waals surface area contributed by atoms with E-state index in [1.54, 1.807) is 23.5 Å². The van der Waals surface area contributed by atoms with Crippen molar-refractivity contribution < 1.29 is 13.9 Å². The number of aryl methyl sites for hydroxylation is 1. The molecule has 0 fully saturated rings. The van der Waals surface area contributed by atoms with Crippen LogP contribution < -0.4 is 15.7 Å². The van der Waals surface area contributed by atoms with Crippen LogP contribution in [0.1, 0.15) is 22.0 Å². The van der Waals surface area contributed by atoms with Crippen molar-refractivity contribution in [3.05, 3.63) is 98.5 Å². The molecule has 0 aliphatic heterocycles. The van der Waals surface area contributed by atoms with Crippen LogP contribution in [0.5, 0.6) is 5.75 Å². The Kier molecular flexibility index (Phi) is 5.44. The summed E-state index contributed by atoms with van der Waals surface area (Å²) in [5.41, 5.74) is 1.87. The van der Waals surface area contributed by atoms with Gasteiger partial charge < -0.3 is 14.5 Å². The lowest BCUT2D eigenvalue weighted by molar-refractivity contribution is -0.123. The van der Waals surface area contributed by atoms with Gasteiger partial charge in [-0.1, -0.05) is 36.4 Å². The zero-order chi connectivity index (χ0) is 20.2. The van der Waals surface area contributed by atoms with Gasteiger partial charge in [0.25, 0.3) is 5.91 Å². The Balaban J connectivity index is 1.47. The van der Waals surface area contributed by atoms with Gasteiger partial charge in [-0.3, -0.25) is 4.79 Å². The summed E-state index contributed by atoms with van der Waals surface area (Å²) >= 11 is 1.59. The fraction of sp³-hybridized carbons (Fsp3) is 0.130. The summed E-state index contributed by atoms with van der Waals surface area (Å²) in [6.45, 7) is 1.71. The van der Waals surface area contributed by atoms with Crippen molar-refractivity contribution in [2.24, 2.45) is 0 Å². The molecule has 146 valence electrons. The van der Waals surface area contributed by atoms with Crippen molar-refractivity contribution in [1.82, 2.24) is 5.32 Å². The largest absolute Gasteiger partial charge is 0.484 e. The SMILES string of the molecule is Cc1cc(=O)oc2cc(OCC(=O)N[C@H](c3ccccc3)c3cccs3)ccc12. The third-order valence-corrected chi connectivity index (χ3v) is 5.50. The molecule has 5 nitrogen and oxygen atoms in total. The zero-order valence-electron chi connectivity index (χ0n) is 15.8. The summed E-state index contributed by atoms with van der Waals surface area (Å²) in [6.07, 6.45) is 0. The summed E-state index contributed by atoms with van der Waals surface area (Å²) in [7, 11) is 0. The van der Waals surface area contributed by atoms with Gasteiger partial charge in [-0.2, -0.15) is 0 Å². The van der Waals surface area contributed by atoms with Crippen LogP contribution in [0.2, 0.25) is 0 Å². The van der Waals surface area contributed by atoms with E-state index < -0.39 is 5.63 Å². The normalized spacial score (nSPS) is 11.9. The molecule has 1 N–H and O–H groups in total. The number of hydrogen-bond acceptors (Lipinski definition) is 5. The van der Waals surface area contributed by atoms with Crippen molar-refractivity contribution >= 4 is 28.2 Å². The highest BCUT2D eigenvalue weighted by molar-refractivity contribution is 7.10. The molecule has 0 radical (unpaired) electrons. The molecule has 4 rings (SSSR count). The van der Waals surface area contributed by atoms with Crippen molar-refractivity contribution in [1.29, 1.82) is 0 Å². The van der Waals surface area contributed by atoms with Crippen molar-refractivity contribution in [2.45, 2.75) is 13.0 Å². The van der Waals surface area contributed by atoms with Crippen LogP contribution in [-0.2, 0) is 4.79 Å². The second-order valence-corrected chi connectivity index (χ2v) is 7.60. The molecule has 0 saturated heterocycles. The molecule has 4 aromatic rings. The van der Waals surface area contributed by atoms with E-state index in [2.05, 4.69) is 5.32 Å². The number of rotatable bonds is 6. The third kappa shape index (κ3) is 4.38. The summed E-state index contributed by atoms with van der Waals surface area (Å²) < 4.78 is 10.9. The van der Waals surface area contributed by atoms with Gasteiger partial charge in [-0.05, 0) is 41.6 Å². The van der Waals surface area contributed by atoms with Crippen LogP contribution in [-0.4, -0.2) is 12.5 Å². The number of carbonyl (C=O) groups excluding carboxylic acids is 1. The molecule has 0 saturated carbocycles. The number of thiophene rings is 1. The number of amides is 1. The van der Waals surface area contributed by atoms with Crippen LogP contribution in [0.25, 0.3) is 11.0 Å². The summed E-state index contributed by atoms with van der Waals surface area (Å²) in [4.78, 5) is 25.2. The molecule has 29 heavy (non-hydrogen) atoms. The van der Waals surface area contributed by atoms with Gasteiger partial charge in [0, 0.05) is 22.4 Å². The molecule has 2 aromatic heterocycles. The van der Waals surface area contributed by atoms with Gasteiger partial charge in [0.1, 0.15) is 11.3 Å². The summed E-state index contributed by atoms with van der Waals surface area (Å²) in [6, 6.07) is 20.2. The zero-order valence-corrected chi connectivity index (χ0v) is 16.6. The number of fused-ring (bicyclic) bond motifs is 1. The molecule has 0 unspecified atom stereocenters. The minimum Gasteiger partial charge on any atom is -0.484 e. The van der Waals surface area contributed by atoms with Gasteiger partial charge in [0.2, 0.25) is 0 Å². The lowest BCUT2D eigenvalue weighted by atomic mass is 10.1. The maximum atomic E-state index is 12.6. The minimum absolute atomic E-state index is 0.143. The van der Waals surface area contributed by atoms with Crippen LogP contribution in [0.15, 0.2) is 81.3 Å². The topological polar surface area (TPSA) is 68.5 Å². The highest BCUT2D eigenvalue weighted by Crippen LogP contribution is 2.26. The maximum Gasteiger partial charge on any atom is 0.336 e. The van der Waals surface area contributed by atoms with E-state index in [1.807, 2.05) is 60.8 Å². The van der Waals surface area contributed by atoms with E-state index in [0.29, 0.717) is 11.3 Å². The molecule has 2 aromatic carbocycles. The van der Waals surface area contributed by atoms with Crippen LogP contribution in [0, 0.1) is 6.92 Å². The molecule has 0 spiro atoms. The van der Waals surface area contributed by atoms with E-state index in [-0.39, 0.29) is 18.6 Å². The summed E-state index contributed by atoms with van der Waals surface area (Å²) in [5.74, 6) is 0.229. The lowest BCUT2D eigenvalue weighted by Gasteiger charge is -2.18. The predicted molar refractivity (Wildman–Crippen MR) is 113 cm³/mol. The Labute approximate surface area is 171 Å². The first-order valence-corrected chi connectivity index (χ1v) is 10.0. The Hall–Kier alpha value is -3.38. The average molecular weight is 405 g/mol. The monoisotopic (exact) mass is 405 g/mol. The average Bonchev–Trinajstić information content (AvgIpc) is 3.25. The standard InChI is InChI=1S/C23H19NO4S/c1-15-12-22(26)28-19-13-17(9-10-18(15)19)27-14-21(25)24-23(20-8-5-11-29-20)16-6-3-2-4-7-16/h2-13,23H,14H2,1H3,(H,24,25)/t23-/m1/s1. The summed E-state index contributed by atoms with van der Waals surface area (Å²) in [5, 5.41) is 5.86. The van der Waals surface area contributed by atoms with Gasteiger partial charge >= 0.3 is 5.63 Å². The minimum atomic E-state index is -0.411. The Morgan fingerprint density at radius 3 is 2.69 bits per heavy atom. The number of hydrogen-bond donors (Lipinski definition) is 1. The van der Waals surface area contributed by atoms with Gasteiger partial charge in [-0.15, -0.1) is 11.3 Å². The second kappa shape index (κ2) is 8.32.